The van der Waals surface area contributed by atoms with Gasteiger partial charge >= 0.3 is 7.72 Å². The van der Waals surface area contributed by atoms with E-state index in [-0.39, 0.29) is 18.7 Å². The first-order valence-corrected chi connectivity index (χ1v) is 12.8. The molecule has 2 aromatic carbocycles. The van der Waals surface area contributed by atoms with E-state index in [1.165, 1.54) is 0 Å². The predicted octanol–water partition coefficient (Wildman–Crippen LogP) is 3.66. The zero-order chi connectivity index (χ0) is 22.8. The molecule has 2 atom stereocenters. The Labute approximate surface area is 189 Å². The fourth-order valence-electron chi connectivity index (χ4n) is 3.59. The zero-order valence-corrected chi connectivity index (χ0v) is 19.0. The first kappa shape index (κ1) is 24.5. The molecule has 7 nitrogen and oxygen atoms in total. The number of allylic oxidation sites excluding steroid dienone is 2. The van der Waals surface area contributed by atoms with Gasteiger partial charge in [0.2, 0.25) is 0 Å². The number of hydrogen-bond donors (Lipinski definition) is 5. The Morgan fingerprint density at radius 3 is 2.41 bits per heavy atom. The molecule has 0 spiro atoms. The van der Waals surface area contributed by atoms with Crippen molar-refractivity contribution < 1.29 is 29.5 Å². The molecule has 0 heterocycles. The molecule has 0 aliphatic heterocycles. The summed E-state index contributed by atoms with van der Waals surface area (Å²) >= 11 is 0. The fraction of sp³-hybridized carbons (Fsp3) is 0.417. The molecule has 0 saturated heterocycles. The van der Waals surface area contributed by atoms with Gasteiger partial charge in [-0.2, -0.15) is 0 Å². The molecule has 8 heteroatoms. The van der Waals surface area contributed by atoms with Gasteiger partial charge in [-0.05, 0) is 74.2 Å². The second-order valence-corrected chi connectivity index (χ2v) is 10.4. The number of ether oxygens (including phenoxy) is 2. The SMILES string of the molecule is Oc1ccc(OC[C@@H](O)CNCCC2CC=C([P+](O)(O)COc3ccccc3)CC2)cc1. The van der Waals surface area contributed by atoms with E-state index in [1.807, 2.05) is 24.3 Å². The van der Waals surface area contributed by atoms with Crippen molar-refractivity contribution in [3.05, 3.63) is 66.0 Å². The third-order valence-electron chi connectivity index (χ3n) is 5.50. The van der Waals surface area contributed by atoms with E-state index in [9.17, 15) is 20.0 Å². The van der Waals surface area contributed by atoms with Crippen LogP contribution in [0.3, 0.4) is 0 Å². The maximum atomic E-state index is 10.5. The van der Waals surface area contributed by atoms with E-state index in [1.54, 1.807) is 36.4 Å². The van der Waals surface area contributed by atoms with Gasteiger partial charge in [0.1, 0.15) is 35.3 Å². The van der Waals surface area contributed by atoms with Gasteiger partial charge in [-0.3, -0.25) is 0 Å². The Bertz CT molecular complexity index is 843. The van der Waals surface area contributed by atoms with Gasteiger partial charge in [-0.1, -0.05) is 18.2 Å². The number of nitrogens with one attached hydrogen (secondary N) is 1. The highest BCUT2D eigenvalue weighted by molar-refractivity contribution is 7.68. The van der Waals surface area contributed by atoms with Crippen LogP contribution >= 0.6 is 7.72 Å². The standard InChI is InChI=1S/C24H32NO6P/c26-20-8-10-23(11-9-20)30-17-21(27)16-25-15-14-19-6-12-24(13-7-19)32(28,29)18-31-22-4-2-1-3-5-22/h1-5,8-12,19,21,25,27-29H,6-7,13-18H2/p+1/t19?,21-/m0/s1. The van der Waals surface area contributed by atoms with Crippen molar-refractivity contribution in [2.75, 3.05) is 26.0 Å². The molecule has 1 unspecified atom stereocenters. The van der Waals surface area contributed by atoms with Crippen molar-refractivity contribution in [2.24, 2.45) is 5.92 Å². The normalized spacial score (nSPS) is 17.5. The number of para-hydroxylation sites is 1. The van der Waals surface area contributed by atoms with Gasteiger partial charge in [-0.25, -0.2) is 9.79 Å². The lowest BCUT2D eigenvalue weighted by Gasteiger charge is -2.24. The predicted molar refractivity (Wildman–Crippen MR) is 126 cm³/mol. The molecular weight excluding hydrogens is 429 g/mol. The topological polar surface area (TPSA) is 111 Å². The van der Waals surface area contributed by atoms with E-state index in [0.717, 1.165) is 31.1 Å². The van der Waals surface area contributed by atoms with Crippen LogP contribution in [0.5, 0.6) is 17.2 Å². The molecule has 32 heavy (non-hydrogen) atoms. The fourth-order valence-corrected chi connectivity index (χ4v) is 4.97. The summed E-state index contributed by atoms with van der Waals surface area (Å²) in [5, 5.41) is 23.3. The molecule has 174 valence electrons. The summed E-state index contributed by atoms with van der Waals surface area (Å²) in [6, 6.07) is 15.6. The molecular formula is C24H33NO6P+. The Hall–Kier alpha value is -2.15. The Kier molecular flexibility index (Phi) is 9.33. The summed E-state index contributed by atoms with van der Waals surface area (Å²) in [5.41, 5.74) is 0. The van der Waals surface area contributed by atoms with Crippen molar-refractivity contribution in [2.45, 2.75) is 31.8 Å². The van der Waals surface area contributed by atoms with Crippen LogP contribution in [-0.2, 0) is 0 Å². The van der Waals surface area contributed by atoms with Gasteiger partial charge in [0.15, 0.2) is 0 Å². The Morgan fingerprint density at radius 2 is 1.72 bits per heavy atom. The summed E-state index contributed by atoms with van der Waals surface area (Å²) in [4.78, 5) is 21.0. The van der Waals surface area contributed by atoms with Gasteiger partial charge < -0.3 is 25.0 Å². The molecule has 0 bridgehead atoms. The Morgan fingerprint density at radius 1 is 1.00 bits per heavy atom. The van der Waals surface area contributed by atoms with Gasteiger partial charge in [0.05, 0.1) is 0 Å². The van der Waals surface area contributed by atoms with Crippen LogP contribution in [0.4, 0.5) is 0 Å². The monoisotopic (exact) mass is 462 g/mol. The van der Waals surface area contributed by atoms with Crippen LogP contribution in [0, 0.1) is 5.92 Å². The summed E-state index contributed by atoms with van der Waals surface area (Å²) in [6.45, 7) is 1.39. The largest absolute Gasteiger partial charge is 0.508 e. The lowest BCUT2D eigenvalue weighted by atomic mass is 9.91. The number of aliphatic hydroxyl groups is 1. The minimum Gasteiger partial charge on any atom is -0.508 e. The van der Waals surface area contributed by atoms with E-state index in [0.29, 0.717) is 30.4 Å². The number of phenolic OH excluding ortho intramolecular Hbond substituents is 1. The number of phenols is 1. The van der Waals surface area contributed by atoms with Crippen LogP contribution in [0.15, 0.2) is 66.0 Å². The first-order chi connectivity index (χ1) is 15.4. The highest BCUT2D eigenvalue weighted by Crippen LogP contribution is 2.60. The second kappa shape index (κ2) is 12.2. The van der Waals surface area contributed by atoms with Crippen LogP contribution < -0.4 is 14.8 Å². The minimum atomic E-state index is -3.23. The molecule has 0 saturated carbocycles. The average molecular weight is 463 g/mol. The van der Waals surface area contributed by atoms with E-state index < -0.39 is 13.8 Å². The van der Waals surface area contributed by atoms with Crippen molar-refractivity contribution in [3.8, 4) is 17.2 Å². The molecule has 0 aromatic heterocycles. The molecule has 3 rings (SSSR count). The number of hydrogen-bond acceptors (Lipinski definition) is 7. The highest BCUT2D eigenvalue weighted by Gasteiger charge is 2.41. The lowest BCUT2D eigenvalue weighted by Crippen LogP contribution is -2.32. The number of aliphatic hydroxyl groups excluding tert-OH is 1. The zero-order valence-electron chi connectivity index (χ0n) is 18.1. The van der Waals surface area contributed by atoms with E-state index >= 15 is 0 Å². The summed E-state index contributed by atoms with van der Waals surface area (Å²) in [7, 11) is -3.23. The van der Waals surface area contributed by atoms with E-state index in [4.69, 9.17) is 9.47 Å². The molecule has 2 aromatic rings. The minimum absolute atomic E-state index is 0.0842. The average Bonchev–Trinajstić information content (AvgIpc) is 2.81. The summed E-state index contributed by atoms with van der Waals surface area (Å²) in [6.07, 6.45) is 4.62. The highest BCUT2D eigenvalue weighted by atomic mass is 31.2. The molecule has 5 N–H and O–H groups in total. The summed E-state index contributed by atoms with van der Waals surface area (Å²) in [5.74, 6) is 1.89. The van der Waals surface area contributed by atoms with Crippen molar-refractivity contribution in [1.29, 1.82) is 0 Å². The van der Waals surface area contributed by atoms with Crippen molar-refractivity contribution in [3.63, 3.8) is 0 Å². The molecule has 0 radical (unpaired) electrons. The van der Waals surface area contributed by atoms with Gasteiger partial charge in [0.25, 0.3) is 6.35 Å². The molecule has 0 amide bonds. The van der Waals surface area contributed by atoms with Crippen molar-refractivity contribution in [1.82, 2.24) is 5.32 Å². The molecule has 0 fully saturated rings. The number of rotatable bonds is 12. The van der Waals surface area contributed by atoms with E-state index in [2.05, 4.69) is 5.32 Å². The molecule has 1 aliphatic rings. The number of benzene rings is 2. The molecule has 1 aliphatic carbocycles. The van der Waals surface area contributed by atoms with Crippen LogP contribution in [-0.4, -0.2) is 52.1 Å². The van der Waals surface area contributed by atoms with Crippen LogP contribution in [0.1, 0.15) is 25.7 Å². The third kappa shape index (κ3) is 8.08. The maximum Gasteiger partial charge on any atom is 0.334 e. The number of aromatic hydroxyl groups is 1. The quantitative estimate of drug-likeness (QED) is 0.242. The summed E-state index contributed by atoms with van der Waals surface area (Å²) < 4.78 is 11.1. The first-order valence-electron chi connectivity index (χ1n) is 10.9. The van der Waals surface area contributed by atoms with Gasteiger partial charge in [0, 0.05) is 13.0 Å². The van der Waals surface area contributed by atoms with Crippen LogP contribution in [0.2, 0.25) is 0 Å². The van der Waals surface area contributed by atoms with Crippen molar-refractivity contribution >= 4 is 7.72 Å². The van der Waals surface area contributed by atoms with Crippen LogP contribution in [0.25, 0.3) is 0 Å². The Balaban J connectivity index is 1.30. The third-order valence-corrected chi connectivity index (χ3v) is 7.31. The smallest absolute Gasteiger partial charge is 0.334 e. The maximum absolute atomic E-state index is 10.5. The second-order valence-electron chi connectivity index (χ2n) is 8.10. The lowest BCUT2D eigenvalue weighted by molar-refractivity contribution is 0.106. The van der Waals surface area contributed by atoms with Gasteiger partial charge in [-0.15, -0.1) is 0 Å².